The molecule has 0 bridgehead atoms. The van der Waals surface area contributed by atoms with Crippen LogP contribution in [-0.2, 0) is 6.42 Å². The molecule has 2 aliphatic rings. The van der Waals surface area contributed by atoms with Crippen LogP contribution in [0.3, 0.4) is 0 Å². The SMILES string of the molecule is COc1ccc(C2c3[nH]c4c(c3CCN2C(=O)Oc2ccc(Cl)cc2)=C(Br)CCC=4)cc1. The predicted octanol–water partition coefficient (Wildman–Crippen LogP) is 4.90. The summed E-state index contributed by atoms with van der Waals surface area (Å²) in [4.78, 5) is 18.7. The van der Waals surface area contributed by atoms with Crippen molar-refractivity contribution in [1.29, 1.82) is 0 Å². The predicted molar refractivity (Wildman–Crippen MR) is 129 cm³/mol. The number of aromatic amines is 1. The van der Waals surface area contributed by atoms with Crippen LogP contribution in [0.4, 0.5) is 4.79 Å². The number of H-pyrrole nitrogens is 1. The van der Waals surface area contributed by atoms with Crippen molar-refractivity contribution >= 4 is 44.2 Å². The van der Waals surface area contributed by atoms with Crippen molar-refractivity contribution in [2.24, 2.45) is 0 Å². The Bertz CT molecular complexity index is 1280. The fourth-order valence-corrected chi connectivity index (χ4v) is 5.32. The first-order chi connectivity index (χ1) is 15.5. The standard InChI is InChI=1S/C25H22BrClN2O3/c1-31-17-9-5-15(6-10-17)24-23-19(22-20(26)3-2-4-21(22)28-23)13-14-29(24)25(30)32-18-11-7-16(27)8-12-18/h4-12,24,28H,2-3,13-14H2,1H3. The number of amides is 1. The number of methoxy groups -OCH3 is 1. The van der Waals surface area contributed by atoms with Crippen LogP contribution < -0.4 is 20.0 Å². The molecule has 0 saturated carbocycles. The van der Waals surface area contributed by atoms with E-state index in [1.165, 1.54) is 15.3 Å². The highest BCUT2D eigenvalue weighted by Gasteiger charge is 2.35. The van der Waals surface area contributed by atoms with Gasteiger partial charge in [0.1, 0.15) is 17.5 Å². The molecule has 5 nitrogen and oxygen atoms in total. The van der Waals surface area contributed by atoms with Gasteiger partial charge in [-0.3, -0.25) is 4.90 Å². The second kappa shape index (κ2) is 8.68. The van der Waals surface area contributed by atoms with E-state index in [1.54, 1.807) is 36.3 Å². The molecule has 2 heterocycles. The lowest BCUT2D eigenvalue weighted by molar-refractivity contribution is 0.135. The number of aromatic nitrogens is 1. The average molecular weight is 514 g/mol. The number of nitrogens with one attached hydrogen (secondary N) is 1. The first-order valence-electron chi connectivity index (χ1n) is 10.5. The molecule has 1 amide bonds. The molecule has 32 heavy (non-hydrogen) atoms. The van der Waals surface area contributed by atoms with Gasteiger partial charge in [-0.15, -0.1) is 0 Å². The lowest BCUT2D eigenvalue weighted by atomic mass is 9.92. The Balaban J connectivity index is 1.58. The van der Waals surface area contributed by atoms with Gasteiger partial charge in [-0.1, -0.05) is 45.7 Å². The first kappa shape index (κ1) is 21.2. The lowest BCUT2D eigenvalue weighted by Gasteiger charge is -2.35. The van der Waals surface area contributed by atoms with Crippen LogP contribution >= 0.6 is 27.5 Å². The Morgan fingerprint density at radius 2 is 1.81 bits per heavy atom. The van der Waals surface area contributed by atoms with E-state index >= 15 is 0 Å². The Labute approximate surface area is 199 Å². The van der Waals surface area contributed by atoms with Crippen LogP contribution in [0.2, 0.25) is 5.02 Å². The molecule has 5 rings (SSSR count). The summed E-state index contributed by atoms with van der Waals surface area (Å²) in [6.45, 7) is 0.556. The molecule has 1 unspecified atom stereocenters. The summed E-state index contributed by atoms with van der Waals surface area (Å²) in [5, 5.41) is 2.97. The molecule has 164 valence electrons. The number of ether oxygens (including phenoxy) is 2. The van der Waals surface area contributed by atoms with Crippen molar-refractivity contribution in [3.8, 4) is 11.5 Å². The van der Waals surface area contributed by atoms with Crippen LogP contribution in [0.15, 0.2) is 48.5 Å². The molecule has 2 aromatic carbocycles. The molecular weight excluding hydrogens is 492 g/mol. The normalized spacial score (nSPS) is 17.3. The monoisotopic (exact) mass is 512 g/mol. The summed E-state index contributed by atoms with van der Waals surface area (Å²) in [5.41, 5.74) is 3.29. The summed E-state index contributed by atoms with van der Waals surface area (Å²) < 4.78 is 12.3. The number of rotatable bonds is 3. The zero-order valence-electron chi connectivity index (χ0n) is 17.5. The van der Waals surface area contributed by atoms with E-state index in [0.717, 1.165) is 41.6 Å². The number of benzene rings is 2. The fourth-order valence-electron chi connectivity index (χ4n) is 4.51. The van der Waals surface area contributed by atoms with Gasteiger partial charge in [-0.25, -0.2) is 4.79 Å². The van der Waals surface area contributed by atoms with Gasteiger partial charge < -0.3 is 14.5 Å². The molecule has 1 atom stereocenters. The van der Waals surface area contributed by atoms with Gasteiger partial charge in [0, 0.05) is 32.3 Å². The number of halogens is 2. The zero-order chi connectivity index (χ0) is 22.2. The molecule has 0 saturated heterocycles. The van der Waals surface area contributed by atoms with E-state index in [2.05, 4.69) is 27.0 Å². The van der Waals surface area contributed by atoms with Gasteiger partial charge in [-0.05, 0) is 66.8 Å². The van der Waals surface area contributed by atoms with Gasteiger partial charge in [0.15, 0.2) is 0 Å². The van der Waals surface area contributed by atoms with Crippen LogP contribution in [0, 0.1) is 0 Å². The number of fused-ring (bicyclic) bond motifs is 3. The summed E-state index contributed by atoms with van der Waals surface area (Å²) in [6.07, 6.45) is 4.58. The number of carbonyl (C=O) groups is 1. The number of nitrogens with zero attached hydrogens (tertiary/aromatic N) is 1. The molecule has 3 aromatic rings. The van der Waals surface area contributed by atoms with Crippen LogP contribution in [-0.4, -0.2) is 29.6 Å². The highest BCUT2D eigenvalue weighted by molar-refractivity contribution is 9.14. The summed E-state index contributed by atoms with van der Waals surface area (Å²) >= 11 is 9.75. The number of carbonyl (C=O) groups excluding carboxylic acids is 1. The van der Waals surface area contributed by atoms with Crippen molar-refractivity contribution < 1.29 is 14.3 Å². The molecule has 0 spiro atoms. The fraction of sp³-hybridized carbons (Fsp3) is 0.240. The molecule has 1 aromatic heterocycles. The maximum Gasteiger partial charge on any atom is 0.416 e. The maximum absolute atomic E-state index is 13.3. The third kappa shape index (κ3) is 3.82. The topological polar surface area (TPSA) is 54.6 Å². The van der Waals surface area contributed by atoms with Gasteiger partial charge in [-0.2, -0.15) is 0 Å². The summed E-state index contributed by atoms with van der Waals surface area (Å²) in [7, 11) is 1.64. The minimum Gasteiger partial charge on any atom is -0.497 e. The second-order valence-corrected chi connectivity index (χ2v) is 9.29. The van der Waals surface area contributed by atoms with Gasteiger partial charge >= 0.3 is 6.09 Å². The van der Waals surface area contributed by atoms with E-state index in [-0.39, 0.29) is 6.04 Å². The van der Waals surface area contributed by atoms with Crippen molar-refractivity contribution in [3.05, 3.63) is 80.9 Å². The van der Waals surface area contributed by atoms with Gasteiger partial charge in [0.25, 0.3) is 0 Å². The smallest absolute Gasteiger partial charge is 0.416 e. The largest absolute Gasteiger partial charge is 0.497 e. The summed E-state index contributed by atoms with van der Waals surface area (Å²) in [5.74, 6) is 1.24. The van der Waals surface area contributed by atoms with Crippen molar-refractivity contribution in [2.45, 2.75) is 25.3 Å². The van der Waals surface area contributed by atoms with E-state index in [4.69, 9.17) is 21.1 Å². The Morgan fingerprint density at radius 3 is 2.53 bits per heavy atom. The molecule has 1 aliphatic heterocycles. The first-order valence-corrected chi connectivity index (χ1v) is 11.7. The Morgan fingerprint density at radius 1 is 1.09 bits per heavy atom. The number of hydrogen-bond donors (Lipinski definition) is 1. The highest BCUT2D eigenvalue weighted by atomic mass is 79.9. The van der Waals surface area contributed by atoms with Crippen LogP contribution in [0.25, 0.3) is 10.6 Å². The highest BCUT2D eigenvalue weighted by Crippen LogP contribution is 2.35. The van der Waals surface area contributed by atoms with Crippen LogP contribution in [0.1, 0.15) is 35.7 Å². The zero-order valence-corrected chi connectivity index (χ0v) is 19.9. The number of hydrogen-bond acceptors (Lipinski definition) is 3. The Kier molecular flexibility index (Phi) is 5.74. The van der Waals surface area contributed by atoms with Crippen LogP contribution in [0.5, 0.6) is 11.5 Å². The maximum atomic E-state index is 13.3. The van der Waals surface area contributed by atoms with E-state index in [0.29, 0.717) is 17.3 Å². The quantitative estimate of drug-likeness (QED) is 0.542. The van der Waals surface area contributed by atoms with E-state index in [9.17, 15) is 4.79 Å². The van der Waals surface area contributed by atoms with Gasteiger partial charge in [0.2, 0.25) is 0 Å². The molecule has 1 aliphatic carbocycles. The molecule has 7 heteroatoms. The minimum absolute atomic E-state index is 0.288. The van der Waals surface area contributed by atoms with Crippen molar-refractivity contribution in [2.75, 3.05) is 13.7 Å². The molecule has 0 radical (unpaired) electrons. The Hall–Kier alpha value is -2.70. The molecule has 1 N–H and O–H groups in total. The third-order valence-corrected chi connectivity index (χ3v) is 7.07. The van der Waals surface area contributed by atoms with E-state index in [1.807, 2.05) is 24.3 Å². The molecular formula is C25H22BrClN2O3. The third-order valence-electron chi connectivity index (χ3n) is 6.02. The van der Waals surface area contributed by atoms with Gasteiger partial charge in [0.05, 0.1) is 7.11 Å². The second-order valence-electron chi connectivity index (χ2n) is 7.89. The molecule has 0 fully saturated rings. The summed E-state index contributed by atoms with van der Waals surface area (Å²) in [6, 6.07) is 14.4. The lowest BCUT2D eigenvalue weighted by Crippen LogP contribution is -2.43. The minimum atomic E-state index is -0.390. The van der Waals surface area contributed by atoms with Crippen molar-refractivity contribution in [3.63, 3.8) is 0 Å². The van der Waals surface area contributed by atoms with Crippen molar-refractivity contribution in [1.82, 2.24) is 9.88 Å². The van der Waals surface area contributed by atoms with E-state index < -0.39 is 6.09 Å². The average Bonchev–Trinajstić information content (AvgIpc) is 3.20.